The van der Waals surface area contributed by atoms with E-state index in [0.29, 0.717) is 22.0 Å². The molecule has 0 saturated carbocycles. The number of thioether (sulfide) groups is 1. The Kier molecular flexibility index (Phi) is 5.04. The molecule has 1 heterocycles. The highest BCUT2D eigenvalue weighted by molar-refractivity contribution is 8.26. The normalized spacial score (nSPS) is 16.3. The van der Waals surface area contributed by atoms with Gasteiger partial charge in [-0.25, -0.2) is 0 Å². The summed E-state index contributed by atoms with van der Waals surface area (Å²) in [6.45, 7) is -0.441. The average Bonchev–Trinajstić information content (AvgIpc) is 2.74. The lowest BCUT2D eigenvalue weighted by Crippen LogP contribution is -2.33. The first-order chi connectivity index (χ1) is 10.4. The summed E-state index contributed by atoms with van der Waals surface area (Å²) in [4.78, 5) is 24.4. The minimum atomic E-state index is -1.11. The molecule has 1 aromatic rings. The Morgan fingerprint density at radius 1 is 1.32 bits per heavy atom. The van der Waals surface area contributed by atoms with Crippen LogP contribution in [0.4, 0.5) is 0 Å². The molecule has 1 amide bonds. The number of carbonyl (C=O) groups excluding carboxylic acids is 1. The summed E-state index contributed by atoms with van der Waals surface area (Å²) in [5, 5.41) is 8.81. The zero-order chi connectivity index (χ0) is 16.3. The number of methoxy groups -OCH3 is 2. The zero-order valence-electron chi connectivity index (χ0n) is 11.9. The van der Waals surface area contributed by atoms with E-state index in [9.17, 15) is 9.59 Å². The maximum Gasteiger partial charge on any atom is 0.323 e. The fourth-order valence-corrected chi connectivity index (χ4v) is 3.09. The van der Waals surface area contributed by atoms with Gasteiger partial charge in [-0.3, -0.25) is 14.5 Å². The molecule has 1 N–H and O–H groups in total. The quantitative estimate of drug-likeness (QED) is 0.649. The van der Waals surface area contributed by atoms with Crippen LogP contribution < -0.4 is 9.47 Å². The van der Waals surface area contributed by atoms with Gasteiger partial charge in [0.1, 0.15) is 22.4 Å². The standard InChI is InChI=1S/C14H13NO5S2/c1-19-9-3-8(4-10(6-9)20-2)5-11-13(18)15(7-12(16)17)14(21)22-11/h3-6H,7H2,1-2H3,(H,16,17)/b11-5-. The maximum absolute atomic E-state index is 12.2. The van der Waals surface area contributed by atoms with Gasteiger partial charge in [-0.15, -0.1) is 0 Å². The van der Waals surface area contributed by atoms with Crippen molar-refractivity contribution >= 4 is 46.3 Å². The first kappa shape index (κ1) is 16.3. The van der Waals surface area contributed by atoms with E-state index in [-0.39, 0.29) is 4.32 Å². The van der Waals surface area contributed by atoms with Crippen molar-refractivity contribution in [1.82, 2.24) is 4.90 Å². The Morgan fingerprint density at radius 3 is 2.41 bits per heavy atom. The number of carboxylic acid groups (broad SMARTS) is 1. The lowest BCUT2D eigenvalue weighted by Gasteiger charge is -2.10. The first-order valence-corrected chi connectivity index (χ1v) is 7.37. The third-order valence-electron chi connectivity index (χ3n) is 2.84. The van der Waals surface area contributed by atoms with Gasteiger partial charge in [0.25, 0.3) is 5.91 Å². The summed E-state index contributed by atoms with van der Waals surface area (Å²) in [5.41, 5.74) is 0.701. The number of carbonyl (C=O) groups is 2. The van der Waals surface area contributed by atoms with Gasteiger partial charge in [-0.2, -0.15) is 0 Å². The van der Waals surface area contributed by atoms with Crippen LogP contribution in [-0.4, -0.2) is 47.0 Å². The minimum Gasteiger partial charge on any atom is -0.497 e. The topological polar surface area (TPSA) is 76.1 Å². The molecular formula is C14H13NO5S2. The molecule has 0 atom stereocenters. The predicted molar refractivity (Wildman–Crippen MR) is 87.1 cm³/mol. The van der Waals surface area contributed by atoms with Crippen molar-refractivity contribution in [3.05, 3.63) is 28.7 Å². The zero-order valence-corrected chi connectivity index (χ0v) is 13.5. The molecule has 22 heavy (non-hydrogen) atoms. The second-order valence-corrected chi connectivity index (χ2v) is 5.98. The van der Waals surface area contributed by atoms with Gasteiger partial charge in [0.05, 0.1) is 19.1 Å². The van der Waals surface area contributed by atoms with Gasteiger partial charge in [-0.05, 0) is 23.8 Å². The average molecular weight is 339 g/mol. The Labute approximate surface area is 136 Å². The van der Waals surface area contributed by atoms with E-state index >= 15 is 0 Å². The highest BCUT2D eigenvalue weighted by Gasteiger charge is 2.33. The molecule has 8 heteroatoms. The Balaban J connectivity index is 2.32. The number of rotatable bonds is 5. The number of nitrogens with zero attached hydrogens (tertiary/aromatic N) is 1. The van der Waals surface area contributed by atoms with Crippen LogP contribution in [0.5, 0.6) is 11.5 Å². The van der Waals surface area contributed by atoms with E-state index in [4.69, 9.17) is 26.8 Å². The van der Waals surface area contributed by atoms with Crippen LogP contribution >= 0.6 is 24.0 Å². The Hall–Kier alpha value is -2.06. The lowest BCUT2D eigenvalue weighted by molar-refractivity contribution is -0.140. The fourth-order valence-electron chi connectivity index (χ4n) is 1.84. The number of carboxylic acids is 1. The maximum atomic E-state index is 12.2. The lowest BCUT2D eigenvalue weighted by atomic mass is 10.2. The molecule has 1 aliphatic rings. The van der Waals surface area contributed by atoms with Crippen molar-refractivity contribution in [2.75, 3.05) is 20.8 Å². The number of benzene rings is 1. The van der Waals surface area contributed by atoms with Crippen molar-refractivity contribution in [2.45, 2.75) is 0 Å². The second-order valence-electron chi connectivity index (χ2n) is 4.31. The summed E-state index contributed by atoms with van der Waals surface area (Å²) in [6.07, 6.45) is 1.63. The molecule has 0 radical (unpaired) electrons. The number of aliphatic carboxylic acids is 1. The monoisotopic (exact) mass is 339 g/mol. The molecule has 1 aromatic carbocycles. The van der Waals surface area contributed by atoms with Crippen LogP contribution in [0, 0.1) is 0 Å². The minimum absolute atomic E-state index is 0.230. The van der Waals surface area contributed by atoms with Crippen LogP contribution in [0.2, 0.25) is 0 Å². The number of hydrogen-bond donors (Lipinski definition) is 1. The molecule has 6 nitrogen and oxygen atoms in total. The van der Waals surface area contributed by atoms with Crippen molar-refractivity contribution in [3.63, 3.8) is 0 Å². The van der Waals surface area contributed by atoms with Crippen molar-refractivity contribution < 1.29 is 24.2 Å². The number of ether oxygens (including phenoxy) is 2. The van der Waals surface area contributed by atoms with E-state index in [1.807, 2.05) is 0 Å². The Morgan fingerprint density at radius 2 is 1.91 bits per heavy atom. The van der Waals surface area contributed by atoms with Crippen LogP contribution in [-0.2, 0) is 9.59 Å². The molecule has 1 saturated heterocycles. The molecule has 0 aliphatic carbocycles. The second kappa shape index (κ2) is 6.80. The summed E-state index contributed by atoms with van der Waals surface area (Å²) in [7, 11) is 3.07. The molecule has 0 spiro atoms. The van der Waals surface area contributed by atoms with E-state index in [1.165, 1.54) is 14.2 Å². The van der Waals surface area contributed by atoms with Crippen molar-refractivity contribution in [1.29, 1.82) is 0 Å². The predicted octanol–water partition coefficient (Wildman–Crippen LogP) is 1.99. The fraction of sp³-hybridized carbons (Fsp3) is 0.214. The van der Waals surface area contributed by atoms with Gasteiger partial charge < -0.3 is 14.6 Å². The number of hydrogen-bond acceptors (Lipinski definition) is 6. The van der Waals surface area contributed by atoms with E-state index < -0.39 is 18.4 Å². The van der Waals surface area contributed by atoms with Crippen LogP contribution in [0.25, 0.3) is 6.08 Å². The summed E-state index contributed by atoms with van der Waals surface area (Å²) < 4.78 is 10.6. The molecule has 1 fully saturated rings. The molecular weight excluding hydrogens is 326 g/mol. The first-order valence-electron chi connectivity index (χ1n) is 6.15. The highest BCUT2D eigenvalue weighted by atomic mass is 32.2. The molecule has 0 bridgehead atoms. The van der Waals surface area contributed by atoms with E-state index in [1.54, 1.807) is 24.3 Å². The molecule has 2 rings (SSSR count). The van der Waals surface area contributed by atoms with Gasteiger partial charge in [0, 0.05) is 6.07 Å². The summed E-state index contributed by atoms with van der Waals surface area (Å²) >= 11 is 6.11. The van der Waals surface area contributed by atoms with Gasteiger partial charge >= 0.3 is 5.97 Å². The van der Waals surface area contributed by atoms with Gasteiger partial charge in [0.15, 0.2) is 0 Å². The summed E-state index contributed by atoms with van der Waals surface area (Å²) in [6, 6.07) is 5.20. The SMILES string of the molecule is COc1cc(/C=C2\SC(=S)N(CC(=O)O)C2=O)cc(OC)c1. The Bertz CT molecular complexity index is 649. The molecule has 1 aliphatic heterocycles. The van der Waals surface area contributed by atoms with E-state index in [0.717, 1.165) is 16.7 Å². The highest BCUT2D eigenvalue weighted by Crippen LogP contribution is 2.33. The molecule has 116 valence electrons. The number of thiocarbonyl (C=S) groups is 1. The molecule has 0 aromatic heterocycles. The van der Waals surface area contributed by atoms with Crippen molar-refractivity contribution in [3.8, 4) is 11.5 Å². The summed E-state index contributed by atoms with van der Waals surface area (Å²) in [5.74, 6) is -0.349. The van der Waals surface area contributed by atoms with Crippen molar-refractivity contribution in [2.24, 2.45) is 0 Å². The molecule has 0 unspecified atom stereocenters. The largest absolute Gasteiger partial charge is 0.497 e. The van der Waals surface area contributed by atoms with Gasteiger partial charge in [-0.1, -0.05) is 24.0 Å². The van der Waals surface area contributed by atoms with Crippen LogP contribution in [0.1, 0.15) is 5.56 Å². The van der Waals surface area contributed by atoms with Gasteiger partial charge in [0.2, 0.25) is 0 Å². The third kappa shape index (κ3) is 3.58. The van der Waals surface area contributed by atoms with Crippen LogP contribution in [0.3, 0.4) is 0 Å². The van der Waals surface area contributed by atoms with E-state index in [2.05, 4.69) is 0 Å². The third-order valence-corrected chi connectivity index (χ3v) is 4.22. The number of amides is 1. The van der Waals surface area contributed by atoms with Crippen LogP contribution in [0.15, 0.2) is 23.1 Å². The smallest absolute Gasteiger partial charge is 0.323 e.